The summed E-state index contributed by atoms with van der Waals surface area (Å²) in [7, 11) is 1.56. The van der Waals surface area contributed by atoms with Crippen molar-refractivity contribution in [2.75, 3.05) is 20.1 Å². The first kappa shape index (κ1) is 11.3. The molecule has 0 spiro atoms. The van der Waals surface area contributed by atoms with Gasteiger partial charge in [-0.1, -0.05) is 0 Å². The van der Waals surface area contributed by atoms with E-state index in [1.807, 2.05) is 6.92 Å². The van der Waals surface area contributed by atoms with Gasteiger partial charge in [0.05, 0.1) is 12.8 Å². The summed E-state index contributed by atoms with van der Waals surface area (Å²) in [5.41, 5.74) is 0. The van der Waals surface area contributed by atoms with Crippen molar-refractivity contribution in [3.05, 3.63) is 24.2 Å². The number of nitrogens with zero attached hydrogens (tertiary/aromatic N) is 1. The summed E-state index contributed by atoms with van der Waals surface area (Å²) in [5, 5.41) is 2.61. The minimum absolute atomic E-state index is 0.0351. The number of amides is 2. The molecular weight excluding hydrogens is 196 g/mol. The van der Waals surface area contributed by atoms with Crippen molar-refractivity contribution >= 4 is 11.8 Å². The quantitative estimate of drug-likeness (QED) is 0.786. The summed E-state index contributed by atoms with van der Waals surface area (Å²) in [6.45, 7) is 2.42. The van der Waals surface area contributed by atoms with Crippen LogP contribution in [0.15, 0.2) is 22.8 Å². The van der Waals surface area contributed by atoms with E-state index in [0.717, 1.165) is 0 Å². The zero-order valence-corrected chi connectivity index (χ0v) is 8.82. The van der Waals surface area contributed by atoms with Crippen LogP contribution < -0.4 is 5.32 Å². The third kappa shape index (κ3) is 3.12. The molecule has 2 amide bonds. The molecule has 1 heterocycles. The van der Waals surface area contributed by atoms with Crippen molar-refractivity contribution in [1.82, 2.24) is 10.2 Å². The first-order valence-corrected chi connectivity index (χ1v) is 4.70. The van der Waals surface area contributed by atoms with Gasteiger partial charge in [-0.25, -0.2) is 0 Å². The van der Waals surface area contributed by atoms with Crippen molar-refractivity contribution in [2.45, 2.75) is 6.92 Å². The maximum absolute atomic E-state index is 11.6. The third-order valence-corrected chi connectivity index (χ3v) is 1.83. The van der Waals surface area contributed by atoms with E-state index in [1.54, 1.807) is 19.2 Å². The minimum Gasteiger partial charge on any atom is -0.459 e. The van der Waals surface area contributed by atoms with Gasteiger partial charge in [0.2, 0.25) is 5.91 Å². The Morgan fingerprint density at radius 3 is 2.80 bits per heavy atom. The number of furan rings is 1. The Balaban J connectivity index is 2.51. The van der Waals surface area contributed by atoms with E-state index in [-0.39, 0.29) is 24.1 Å². The van der Waals surface area contributed by atoms with Gasteiger partial charge in [0, 0.05) is 13.6 Å². The van der Waals surface area contributed by atoms with E-state index in [1.165, 1.54) is 11.2 Å². The monoisotopic (exact) mass is 210 g/mol. The molecular formula is C10H14N2O3. The molecule has 0 aliphatic carbocycles. The first-order valence-electron chi connectivity index (χ1n) is 4.70. The normalized spacial score (nSPS) is 9.73. The van der Waals surface area contributed by atoms with Gasteiger partial charge in [-0.3, -0.25) is 9.59 Å². The maximum Gasteiger partial charge on any atom is 0.289 e. The molecule has 0 fully saturated rings. The summed E-state index contributed by atoms with van der Waals surface area (Å²) in [6.07, 6.45) is 1.42. The third-order valence-electron chi connectivity index (χ3n) is 1.83. The Morgan fingerprint density at radius 1 is 1.53 bits per heavy atom. The van der Waals surface area contributed by atoms with E-state index in [0.29, 0.717) is 6.54 Å². The Labute approximate surface area is 88.0 Å². The minimum atomic E-state index is -0.300. The van der Waals surface area contributed by atoms with Crippen LogP contribution in [0, 0.1) is 0 Å². The molecule has 5 heteroatoms. The van der Waals surface area contributed by atoms with Gasteiger partial charge in [-0.15, -0.1) is 0 Å². The predicted molar refractivity (Wildman–Crippen MR) is 54.4 cm³/mol. The fourth-order valence-electron chi connectivity index (χ4n) is 1.13. The molecule has 0 unspecified atom stereocenters. The highest BCUT2D eigenvalue weighted by Gasteiger charge is 2.16. The number of likely N-dealkylation sites (N-methyl/N-ethyl adjacent to an activating group) is 2. The molecule has 0 saturated heterocycles. The lowest BCUT2D eigenvalue weighted by Gasteiger charge is -2.14. The second-order valence-corrected chi connectivity index (χ2v) is 3.09. The highest BCUT2D eigenvalue weighted by molar-refractivity contribution is 5.93. The Bertz CT molecular complexity index is 332. The van der Waals surface area contributed by atoms with Crippen molar-refractivity contribution in [3.8, 4) is 0 Å². The van der Waals surface area contributed by atoms with Crippen LogP contribution in [-0.2, 0) is 4.79 Å². The topological polar surface area (TPSA) is 62.6 Å². The summed E-state index contributed by atoms with van der Waals surface area (Å²) in [6, 6.07) is 3.20. The van der Waals surface area contributed by atoms with Gasteiger partial charge in [-0.05, 0) is 19.1 Å². The van der Waals surface area contributed by atoms with Gasteiger partial charge in [0.15, 0.2) is 5.76 Å². The fraction of sp³-hybridized carbons (Fsp3) is 0.400. The lowest BCUT2D eigenvalue weighted by Crippen LogP contribution is -2.38. The molecule has 0 aromatic carbocycles. The summed E-state index contributed by atoms with van der Waals surface area (Å²) >= 11 is 0. The number of carbonyl (C=O) groups is 2. The number of carbonyl (C=O) groups excluding carboxylic acids is 2. The molecule has 0 bridgehead atoms. The summed E-state index contributed by atoms with van der Waals surface area (Å²) in [4.78, 5) is 24.1. The molecule has 15 heavy (non-hydrogen) atoms. The lowest BCUT2D eigenvalue weighted by molar-refractivity contribution is -0.121. The SMILES string of the molecule is CCNC(=O)CN(C)C(=O)c1ccco1. The van der Waals surface area contributed by atoms with Gasteiger partial charge in [-0.2, -0.15) is 0 Å². The van der Waals surface area contributed by atoms with E-state index in [2.05, 4.69) is 5.32 Å². The smallest absolute Gasteiger partial charge is 0.289 e. The summed E-state index contributed by atoms with van der Waals surface area (Å²) < 4.78 is 4.94. The highest BCUT2D eigenvalue weighted by Crippen LogP contribution is 2.03. The molecule has 0 atom stereocenters. The Morgan fingerprint density at radius 2 is 2.27 bits per heavy atom. The van der Waals surface area contributed by atoms with Crippen LogP contribution >= 0.6 is 0 Å². The molecule has 0 saturated carbocycles. The van der Waals surface area contributed by atoms with E-state index < -0.39 is 0 Å². The average molecular weight is 210 g/mol. The largest absolute Gasteiger partial charge is 0.459 e. The van der Waals surface area contributed by atoms with Crippen LogP contribution in [0.4, 0.5) is 0 Å². The number of hydrogen-bond donors (Lipinski definition) is 1. The molecule has 1 aromatic rings. The average Bonchev–Trinajstić information content (AvgIpc) is 2.69. The van der Waals surface area contributed by atoms with Crippen molar-refractivity contribution in [3.63, 3.8) is 0 Å². The molecule has 1 N–H and O–H groups in total. The zero-order valence-electron chi connectivity index (χ0n) is 8.82. The molecule has 82 valence electrons. The van der Waals surface area contributed by atoms with Crippen LogP contribution in [-0.4, -0.2) is 36.9 Å². The van der Waals surface area contributed by atoms with Crippen LogP contribution in [0.25, 0.3) is 0 Å². The zero-order chi connectivity index (χ0) is 11.3. The fourth-order valence-corrected chi connectivity index (χ4v) is 1.13. The van der Waals surface area contributed by atoms with Gasteiger partial charge in [0.25, 0.3) is 5.91 Å². The second-order valence-electron chi connectivity index (χ2n) is 3.09. The Hall–Kier alpha value is -1.78. The van der Waals surface area contributed by atoms with Crippen LogP contribution in [0.5, 0.6) is 0 Å². The maximum atomic E-state index is 11.6. The van der Waals surface area contributed by atoms with Crippen LogP contribution in [0.3, 0.4) is 0 Å². The number of nitrogens with one attached hydrogen (secondary N) is 1. The van der Waals surface area contributed by atoms with Gasteiger partial charge < -0.3 is 14.6 Å². The molecule has 0 radical (unpaired) electrons. The van der Waals surface area contributed by atoms with Gasteiger partial charge >= 0.3 is 0 Å². The van der Waals surface area contributed by atoms with Crippen LogP contribution in [0.1, 0.15) is 17.5 Å². The lowest BCUT2D eigenvalue weighted by atomic mass is 10.4. The Kier molecular flexibility index (Phi) is 3.91. The molecule has 1 rings (SSSR count). The van der Waals surface area contributed by atoms with Crippen LogP contribution in [0.2, 0.25) is 0 Å². The van der Waals surface area contributed by atoms with Crippen molar-refractivity contribution in [1.29, 1.82) is 0 Å². The van der Waals surface area contributed by atoms with Gasteiger partial charge in [0.1, 0.15) is 0 Å². The molecule has 5 nitrogen and oxygen atoms in total. The molecule has 0 aliphatic rings. The summed E-state index contributed by atoms with van der Waals surface area (Å²) in [5.74, 6) is -0.243. The van der Waals surface area contributed by atoms with E-state index in [9.17, 15) is 9.59 Å². The standard InChI is InChI=1S/C10H14N2O3/c1-3-11-9(13)7-12(2)10(14)8-5-4-6-15-8/h4-6H,3,7H2,1-2H3,(H,11,13). The van der Waals surface area contributed by atoms with E-state index in [4.69, 9.17) is 4.42 Å². The highest BCUT2D eigenvalue weighted by atomic mass is 16.3. The van der Waals surface area contributed by atoms with E-state index >= 15 is 0 Å². The molecule has 0 aliphatic heterocycles. The van der Waals surface area contributed by atoms with Crippen molar-refractivity contribution in [2.24, 2.45) is 0 Å². The number of rotatable bonds is 4. The predicted octanol–water partition coefficient (Wildman–Crippen LogP) is 0.488. The molecule has 1 aromatic heterocycles. The van der Waals surface area contributed by atoms with Crippen molar-refractivity contribution < 1.29 is 14.0 Å². The first-order chi connectivity index (χ1) is 7.15. The second kappa shape index (κ2) is 5.19. The number of hydrogen-bond acceptors (Lipinski definition) is 3.